The predicted octanol–water partition coefficient (Wildman–Crippen LogP) is -1.33. The third kappa shape index (κ3) is 1.94. The van der Waals surface area contributed by atoms with Gasteiger partial charge in [0.05, 0.1) is 32.3 Å². The van der Waals surface area contributed by atoms with E-state index in [1.54, 1.807) is 6.07 Å². The van der Waals surface area contributed by atoms with Gasteiger partial charge in [0.1, 0.15) is 11.6 Å². The number of phenols is 1. The minimum atomic E-state index is -2.82. The molecule has 6 heteroatoms. The Morgan fingerprint density at radius 1 is 1.44 bits per heavy atom. The zero-order chi connectivity index (χ0) is 23.1. The third-order valence-corrected chi connectivity index (χ3v) is 7.38. The van der Waals surface area contributed by atoms with Gasteiger partial charge in [0, 0.05) is 32.1 Å². The summed E-state index contributed by atoms with van der Waals surface area (Å²) in [5.41, 5.74) is -1.70. The van der Waals surface area contributed by atoms with E-state index in [-0.39, 0.29) is 79.3 Å². The van der Waals surface area contributed by atoms with Crippen LogP contribution in [0.2, 0.25) is 0 Å². The standard InChI is InChI=1S/C21H25NO4.BrH/c1-22(11-12-2-3-12)9-8-20-17-13-4-5-14(23)18(17)26-19(20)15(24)6-7-21(20,25)16(22)10-13;/h4-5,12,16,19,25H,2-3,6-11H2,1H3;1H/t16-,19+,20+,21-,22?;/m1./s1/i1D3,11D2,12D;. The van der Waals surface area contributed by atoms with Crippen molar-refractivity contribution < 1.29 is 49.4 Å². The fourth-order valence-electron chi connectivity index (χ4n) is 6.13. The van der Waals surface area contributed by atoms with E-state index >= 15 is 0 Å². The number of likely N-dealkylation sites (tertiary alicyclic amines) is 1. The number of rotatable bonds is 2. The molecular weight excluding hydrogens is 410 g/mol. The summed E-state index contributed by atoms with van der Waals surface area (Å²) >= 11 is 0. The van der Waals surface area contributed by atoms with Crippen LogP contribution in [0.25, 0.3) is 0 Å². The molecule has 2 aliphatic heterocycles. The first-order chi connectivity index (χ1) is 14.8. The molecule has 6 rings (SSSR count). The van der Waals surface area contributed by atoms with E-state index in [1.807, 2.05) is 0 Å². The number of quaternary nitrogens is 1. The molecule has 0 amide bonds. The third-order valence-electron chi connectivity index (χ3n) is 7.38. The summed E-state index contributed by atoms with van der Waals surface area (Å²) in [7, 11) is 0. The summed E-state index contributed by atoms with van der Waals surface area (Å²) in [5.74, 6) is -1.68. The quantitative estimate of drug-likeness (QED) is 0.558. The van der Waals surface area contributed by atoms with Gasteiger partial charge in [-0.15, -0.1) is 0 Å². The monoisotopic (exact) mass is 441 g/mol. The lowest BCUT2D eigenvalue weighted by molar-refractivity contribution is -0.950. The predicted molar refractivity (Wildman–Crippen MR) is 94.1 cm³/mol. The van der Waals surface area contributed by atoms with Crippen molar-refractivity contribution in [1.29, 1.82) is 0 Å². The van der Waals surface area contributed by atoms with Crippen LogP contribution in [0.5, 0.6) is 11.5 Å². The normalized spacial score (nSPS) is 49.0. The maximum Gasteiger partial charge on any atom is 0.174 e. The van der Waals surface area contributed by atoms with E-state index in [9.17, 15) is 15.0 Å². The van der Waals surface area contributed by atoms with Crippen molar-refractivity contribution in [1.82, 2.24) is 0 Å². The first-order valence-electron chi connectivity index (χ1n) is 12.4. The number of benzene rings is 1. The molecule has 3 fully saturated rings. The number of carbonyl (C=O) groups is 1. The number of hydrogen-bond donors (Lipinski definition) is 2. The van der Waals surface area contributed by atoms with E-state index in [0.717, 1.165) is 0 Å². The second-order valence-electron chi connectivity index (χ2n) is 8.59. The average Bonchev–Trinajstić information content (AvgIpc) is 3.34. The first kappa shape index (κ1) is 12.5. The molecule has 1 saturated heterocycles. The van der Waals surface area contributed by atoms with Crippen molar-refractivity contribution in [3.05, 3.63) is 23.3 Å². The number of nitrogens with zero attached hydrogens (tertiary/aromatic N) is 1. The number of phenolic OH excluding ortho intramolecular Hbond substituents is 1. The number of ketones is 1. The molecule has 0 radical (unpaired) electrons. The van der Waals surface area contributed by atoms with E-state index < -0.39 is 47.0 Å². The minimum Gasteiger partial charge on any atom is -1.00 e. The van der Waals surface area contributed by atoms with Gasteiger partial charge >= 0.3 is 0 Å². The highest BCUT2D eigenvalue weighted by Gasteiger charge is 2.76. The van der Waals surface area contributed by atoms with E-state index in [4.69, 9.17) is 13.0 Å². The number of ether oxygens (including phenoxy) is 1. The van der Waals surface area contributed by atoms with Gasteiger partial charge in [-0.25, -0.2) is 0 Å². The van der Waals surface area contributed by atoms with Crippen LogP contribution in [-0.4, -0.2) is 58.2 Å². The molecular formula is C21H26BrNO4. The molecule has 5 aliphatic rings. The van der Waals surface area contributed by atoms with E-state index in [1.165, 1.54) is 6.07 Å². The number of aromatic hydroxyl groups is 1. The number of likely N-dealkylation sites (N-methyl/N-ethyl adjacent to an activating group) is 1. The van der Waals surface area contributed by atoms with Crippen molar-refractivity contribution in [3.8, 4) is 11.5 Å². The number of aliphatic hydroxyl groups is 1. The number of Topliss-reactive ketones (excluding diaryl/α,β-unsaturated/α-hetero) is 1. The van der Waals surface area contributed by atoms with Crippen LogP contribution in [0, 0.1) is 5.89 Å². The number of piperidine rings is 1. The van der Waals surface area contributed by atoms with Crippen LogP contribution in [-0.2, 0) is 16.6 Å². The van der Waals surface area contributed by atoms with Crippen LogP contribution >= 0.6 is 0 Å². The summed E-state index contributed by atoms with van der Waals surface area (Å²) in [4.78, 5) is 13.0. The molecule has 1 aromatic rings. The Morgan fingerprint density at radius 3 is 3.00 bits per heavy atom. The molecule has 2 N–H and O–H groups in total. The second-order valence-corrected chi connectivity index (χ2v) is 8.59. The lowest BCUT2D eigenvalue weighted by Crippen LogP contribution is -3.00. The van der Waals surface area contributed by atoms with Gasteiger partial charge in [-0.2, -0.15) is 0 Å². The van der Waals surface area contributed by atoms with Gasteiger partial charge in [-0.3, -0.25) is 4.79 Å². The summed E-state index contributed by atoms with van der Waals surface area (Å²) in [6.45, 7) is -5.40. The van der Waals surface area contributed by atoms with E-state index in [2.05, 4.69) is 0 Å². The lowest BCUT2D eigenvalue weighted by Gasteiger charge is -2.64. The first-order valence-corrected chi connectivity index (χ1v) is 9.42. The highest BCUT2D eigenvalue weighted by Crippen LogP contribution is 2.65. The van der Waals surface area contributed by atoms with Crippen LogP contribution in [0.1, 0.15) is 51.5 Å². The summed E-state index contributed by atoms with van der Waals surface area (Å²) < 4.78 is 57.2. The number of halogens is 1. The van der Waals surface area contributed by atoms with Crippen LogP contribution in [0.4, 0.5) is 0 Å². The number of carbonyl (C=O) groups excluding carboxylic acids is 1. The molecule has 1 aromatic carbocycles. The average molecular weight is 442 g/mol. The molecule has 5 atom stereocenters. The molecule has 5 nitrogen and oxygen atoms in total. The maximum absolute atomic E-state index is 13.0. The highest BCUT2D eigenvalue weighted by molar-refractivity contribution is 5.90. The molecule has 2 bridgehead atoms. The Balaban J connectivity index is 0.00000228. The Kier molecular flexibility index (Phi) is 2.43. The largest absolute Gasteiger partial charge is 1.00 e. The van der Waals surface area contributed by atoms with Crippen molar-refractivity contribution in [2.45, 2.75) is 61.7 Å². The second kappa shape index (κ2) is 5.28. The molecule has 3 aliphatic carbocycles. The maximum atomic E-state index is 13.0. The zero-order valence-corrected chi connectivity index (χ0v) is 16.4. The summed E-state index contributed by atoms with van der Waals surface area (Å²) in [6.07, 6.45) is -0.424. The SMILES string of the molecule is [2H]C1(C([2H])([2H])[N+]2(C([2H])([2H])[2H])CC[C@]34c5c6ccc(O)c5O[C@H]3C(=O)CC[C@@]4(O)[C@H]2C6)CC1.[Br-]. The van der Waals surface area contributed by atoms with Gasteiger partial charge in [0.2, 0.25) is 0 Å². The Bertz CT molecular complexity index is 1080. The zero-order valence-electron chi connectivity index (χ0n) is 20.8. The highest BCUT2D eigenvalue weighted by atomic mass is 79.9. The molecule has 0 aromatic heterocycles. The van der Waals surface area contributed by atoms with Gasteiger partial charge < -0.3 is 36.4 Å². The van der Waals surface area contributed by atoms with Gasteiger partial charge in [-0.1, -0.05) is 6.07 Å². The van der Waals surface area contributed by atoms with Crippen molar-refractivity contribution in [2.24, 2.45) is 5.89 Å². The molecule has 146 valence electrons. The van der Waals surface area contributed by atoms with Crippen LogP contribution in [0.15, 0.2) is 12.1 Å². The summed E-state index contributed by atoms with van der Waals surface area (Å²) in [6, 6.07) is 2.03. The van der Waals surface area contributed by atoms with Gasteiger partial charge in [0.15, 0.2) is 23.4 Å². The minimum absolute atomic E-state index is 0. The van der Waals surface area contributed by atoms with Crippen LogP contribution in [0.3, 0.4) is 0 Å². The Morgan fingerprint density at radius 2 is 2.26 bits per heavy atom. The molecule has 2 heterocycles. The molecule has 1 spiro atoms. The fourth-order valence-corrected chi connectivity index (χ4v) is 6.13. The van der Waals surface area contributed by atoms with Gasteiger partial charge in [0.25, 0.3) is 0 Å². The molecule has 1 unspecified atom stereocenters. The van der Waals surface area contributed by atoms with Crippen molar-refractivity contribution in [3.63, 3.8) is 0 Å². The molecule has 2 saturated carbocycles. The van der Waals surface area contributed by atoms with E-state index in [0.29, 0.717) is 11.1 Å². The molecule has 27 heavy (non-hydrogen) atoms. The van der Waals surface area contributed by atoms with Crippen molar-refractivity contribution in [2.75, 3.05) is 20.0 Å². The van der Waals surface area contributed by atoms with Gasteiger partial charge in [-0.05, 0) is 30.9 Å². The Labute approximate surface area is 178 Å². The number of hydrogen-bond acceptors (Lipinski definition) is 4. The van der Waals surface area contributed by atoms with Crippen LogP contribution < -0.4 is 21.7 Å². The summed E-state index contributed by atoms with van der Waals surface area (Å²) in [5, 5.41) is 22.8. The topological polar surface area (TPSA) is 66.8 Å². The van der Waals surface area contributed by atoms with Crippen molar-refractivity contribution >= 4 is 5.78 Å². The smallest absolute Gasteiger partial charge is 0.174 e. The fraction of sp³-hybridized carbons (Fsp3) is 0.667. The lowest BCUT2D eigenvalue weighted by atomic mass is 9.48. The Hall–Kier alpha value is -1.11.